The Hall–Kier alpha value is -1.11. The zero-order chi connectivity index (χ0) is 13.8. The van der Waals surface area contributed by atoms with Crippen LogP contribution in [0.25, 0.3) is 0 Å². The summed E-state index contributed by atoms with van der Waals surface area (Å²) in [5, 5.41) is 18.2. The fourth-order valence-electron chi connectivity index (χ4n) is 2.48. The van der Waals surface area contributed by atoms with Gasteiger partial charge in [0.1, 0.15) is 11.8 Å². The van der Waals surface area contributed by atoms with Crippen molar-refractivity contribution < 1.29 is 9.84 Å². The van der Waals surface area contributed by atoms with Crippen molar-refractivity contribution in [2.24, 2.45) is 0 Å². The van der Waals surface area contributed by atoms with Crippen LogP contribution in [0.3, 0.4) is 0 Å². The van der Waals surface area contributed by atoms with Crippen LogP contribution in [0.5, 0.6) is 5.75 Å². The average Bonchev–Trinajstić information content (AvgIpc) is 3.04. The van der Waals surface area contributed by atoms with Crippen molar-refractivity contribution in [3.63, 3.8) is 0 Å². The Kier molecular flexibility index (Phi) is 4.79. The number of aliphatic hydroxyl groups is 1. The molecule has 1 saturated heterocycles. The first kappa shape index (κ1) is 14.3. The number of ether oxygens (including phenoxy) is 1. The molecular weight excluding hydrogens is 244 g/mol. The third-order valence-electron chi connectivity index (χ3n) is 3.58. The molecule has 2 heterocycles. The van der Waals surface area contributed by atoms with Crippen molar-refractivity contribution in [2.45, 2.75) is 31.5 Å². The molecule has 0 aromatic carbocycles. The summed E-state index contributed by atoms with van der Waals surface area (Å²) in [5.74, 6) is 0.667. The molecular formula is C13H24N4O2. The van der Waals surface area contributed by atoms with Gasteiger partial charge in [-0.05, 0) is 33.5 Å². The molecule has 6 heteroatoms. The number of aliphatic hydroxyl groups excluding tert-OH is 1. The maximum absolute atomic E-state index is 10.6. The molecule has 2 unspecified atom stereocenters. The fraction of sp³-hybridized carbons (Fsp3) is 0.769. The van der Waals surface area contributed by atoms with Gasteiger partial charge in [0.2, 0.25) is 0 Å². The highest BCUT2D eigenvalue weighted by atomic mass is 16.5. The molecule has 0 aliphatic carbocycles. The normalized spacial score (nSPS) is 21.0. The summed E-state index contributed by atoms with van der Waals surface area (Å²) in [6.45, 7) is 2.59. The molecule has 2 rings (SSSR count). The summed E-state index contributed by atoms with van der Waals surface area (Å²) in [7, 11) is 5.66. The smallest absolute Gasteiger partial charge is 0.162 e. The molecule has 1 aromatic rings. The lowest BCUT2D eigenvalue weighted by Gasteiger charge is -2.21. The van der Waals surface area contributed by atoms with Gasteiger partial charge in [-0.2, -0.15) is 5.10 Å². The molecule has 1 aliphatic heterocycles. The van der Waals surface area contributed by atoms with Crippen LogP contribution in [0.1, 0.15) is 24.6 Å². The van der Waals surface area contributed by atoms with Gasteiger partial charge in [0.15, 0.2) is 5.75 Å². The van der Waals surface area contributed by atoms with Crippen molar-refractivity contribution >= 4 is 0 Å². The molecule has 108 valence electrons. The van der Waals surface area contributed by atoms with Crippen LogP contribution in [0.2, 0.25) is 0 Å². The van der Waals surface area contributed by atoms with Gasteiger partial charge >= 0.3 is 0 Å². The van der Waals surface area contributed by atoms with Crippen molar-refractivity contribution in [3.8, 4) is 5.75 Å². The van der Waals surface area contributed by atoms with E-state index in [1.807, 2.05) is 18.8 Å². The molecule has 1 aromatic heterocycles. The van der Waals surface area contributed by atoms with E-state index < -0.39 is 6.10 Å². The van der Waals surface area contributed by atoms with Gasteiger partial charge in [-0.1, -0.05) is 0 Å². The molecule has 0 amide bonds. The first-order chi connectivity index (χ1) is 9.13. The minimum Gasteiger partial charge on any atom is -0.493 e. The summed E-state index contributed by atoms with van der Waals surface area (Å²) in [6, 6.07) is 0.101. The van der Waals surface area contributed by atoms with E-state index in [-0.39, 0.29) is 6.04 Å². The van der Waals surface area contributed by atoms with Gasteiger partial charge in [0, 0.05) is 12.6 Å². The van der Waals surface area contributed by atoms with Crippen LogP contribution in [0.4, 0.5) is 0 Å². The van der Waals surface area contributed by atoms with E-state index in [2.05, 4.69) is 15.3 Å². The van der Waals surface area contributed by atoms with Crippen molar-refractivity contribution in [3.05, 3.63) is 11.9 Å². The van der Waals surface area contributed by atoms with Crippen molar-refractivity contribution in [1.29, 1.82) is 0 Å². The predicted octanol–water partition coefficient (Wildman–Crippen LogP) is 0.239. The Morgan fingerprint density at radius 1 is 1.63 bits per heavy atom. The van der Waals surface area contributed by atoms with Gasteiger partial charge in [-0.15, -0.1) is 0 Å². The second-order valence-corrected chi connectivity index (χ2v) is 5.27. The van der Waals surface area contributed by atoms with Gasteiger partial charge in [0.25, 0.3) is 0 Å². The summed E-state index contributed by atoms with van der Waals surface area (Å²) in [5.41, 5.74) is 0.781. The van der Waals surface area contributed by atoms with E-state index in [1.165, 1.54) is 0 Å². The van der Waals surface area contributed by atoms with E-state index in [0.717, 1.165) is 38.2 Å². The largest absolute Gasteiger partial charge is 0.493 e. The predicted molar refractivity (Wildman–Crippen MR) is 73.3 cm³/mol. The lowest BCUT2D eigenvalue weighted by atomic mass is 10.1. The monoisotopic (exact) mass is 268 g/mol. The van der Waals surface area contributed by atoms with Crippen molar-refractivity contribution in [2.75, 3.05) is 34.3 Å². The lowest BCUT2D eigenvalue weighted by molar-refractivity contribution is 0.123. The highest BCUT2D eigenvalue weighted by Crippen LogP contribution is 2.30. The summed E-state index contributed by atoms with van der Waals surface area (Å²) >= 11 is 0. The topological polar surface area (TPSA) is 62.5 Å². The van der Waals surface area contributed by atoms with E-state index in [9.17, 15) is 5.11 Å². The number of hydrogen-bond acceptors (Lipinski definition) is 5. The molecule has 1 fully saturated rings. The summed E-state index contributed by atoms with van der Waals surface area (Å²) < 4.78 is 7.18. The summed E-state index contributed by atoms with van der Waals surface area (Å²) in [6.07, 6.45) is 3.21. The Morgan fingerprint density at radius 2 is 2.42 bits per heavy atom. The number of rotatable bonds is 6. The van der Waals surface area contributed by atoms with Crippen LogP contribution >= 0.6 is 0 Å². The number of nitrogens with zero attached hydrogens (tertiary/aromatic N) is 3. The van der Waals surface area contributed by atoms with Gasteiger partial charge in [-0.25, -0.2) is 0 Å². The second kappa shape index (κ2) is 6.36. The minimum absolute atomic E-state index is 0.101. The third-order valence-corrected chi connectivity index (χ3v) is 3.58. The standard InChI is InChI=1S/C13H24N4O2/c1-16(2)7-8-17-12(11(19-3)9-15-17)13(18)10-5-4-6-14-10/h9-10,13-14,18H,4-8H2,1-3H3. The quantitative estimate of drug-likeness (QED) is 0.774. The Bertz CT molecular complexity index is 399. The number of methoxy groups -OCH3 is 1. The molecule has 19 heavy (non-hydrogen) atoms. The van der Waals surface area contributed by atoms with Crippen LogP contribution in [-0.4, -0.2) is 60.1 Å². The molecule has 2 N–H and O–H groups in total. The number of hydrogen-bond donors (Lipinski definition) is 2. The Labute approximate surface area is 114 Å². The number of nitrogens with one attached hydrogen (secondary N) is 1. The van der Waals surface area contributed by atoms with Crippen molar-refractivity contribution in [1.82, 2.24) is 20.0 Å². The molecule has 0 saturated carbocycles. The maximum atomic E-state index is 10.6. The SMILES string of the molecule is COc1cnn(CCN(C)C)c1C(O)C1CCCN1. The zero-order valence-corrected chi connectivity index (χ0v) is 12.0. The highest BCUT2D eigenvalue weighted by molar-refractivity contribution is 5.28. The van der Waals surface area contributed by atoms with Gasteiger partial charge < -0.3 is 20.1 Å². The highest BCUT2D eigenvalue weighted by Gasteiger charge is 2.29. The Morgan fingerprint density at radius 3 is 3.00 bits per heavy atom. The molecule has 0 bridgehead atoms. The zero-order valence-electron chi connectivity index (χ0n) is 12.0. The first-order valence-corrected chi connectivity index (χ1v) is 6.79. The van der Waals surface area contributed by atoms with Crippen LogP contribution < -0.4 is 10.1 Å². The number of likely N-dealkylation sites (N-methyl/N-ethyl adjacent to an activating group) is 1. The van der Waals surface area contributed by atoms with E-state index >= 15 is 0 Å². The van der Waals surface area contributed by atoms with Gasteiger partial charge in [0.05, 0.1) is 19.9 Å². The molecule has 2 atom stereocenters. The van der Waals surface area contributed by atoms with E-state index in [0.29, 0.717) is 5.75 Å². The average molecular weight is 268 g/mol. The first-order valence-electron chi connectivity index (χ1n) is 6.79. The fourth-order valence-corrected chi connectivity index (χ4v) is 2.48. The van der Waals surface area contributed by atoms with E-state index in [4.69, 9.17) is 4.74 Å². The second-order valence-electron chi connectivity index (χ2n) is 5.27. The third kappa shape index (κ3) is 3.26. The lowest BCUT2D eigenvalue weighted by Crippen LogP contribution is -2.31. The molecule has 0 spiro atoms. The van der Waals surface area contributed by atoms with Crippen LogP contribution in [0.15, 0.2) is 6.20 Å². The minimum atomic E-state index is -0.567. The van der Waals surface area contributed by atoms with E-state index in [1.54, 1.807) is 13.3 Å². The molecule has 0 radical (unpaired) electrons. The maximum Gasteiger partial charge on any atom is 0.162 e. The molecule has 6 nitrogen and oxygen atoms in total. The van der Waals surface area contributed by atoms with Gasteiger partial charge in [-0.3, -0.25) is 4.68 Å². The van der Waals surface area contributed by atoms with Crippen LogP contribution in [0, 0.1) is 0 Å². The van der Waals surface area contributed by atoms with Crippen LogP contribution in [-0.2, 0) is 6.54 Å². The number of aromatic nitrogens is 2. The molecule has 1 aliphatic rings. The Balaban J connectivity index is 2.17. The summed E-state index contributed by atoms with van der Waals surface area (Å²) in [4.78, 5) is 2.10.